The van der Waals surface area contributed by atoms with Gasteiger partial charge in [0.2, 0.25) is 17.7 Å². The molecule has 3 aromatic carbocycles. The summed E-state index contributed by atoms with van der Waals surface area (Å²) in [5.41, 5.74) is 5.25. The first kappa shape index (κ1) is 36.6. The van der Waals surface area contributed by atoms with Gasteiger partial charge in [0.15, 0.2) is 5.76 Å². The first-order chi connectivity index (χ1) is 26.1. The molecule has 3 heterocycles. The number of hydrogen-bond acceptors (Lipinski definition) is 8. The number of aromatic amines is 2. The van der Waals surface area contributed by atoms with Crippen molar-refractivity contribution in [2.24, 2.45) is 0 Å². The largest absolute Gasteiger partial charge is 0.436 e. The Labute approximate surface area is 315 Å². The Hall–Kier alpha value is -5.77. The van der Waals surface area contributed by atoms with Crippen molar-refractivity contribution < 1.29 is 14.0 Å². The van der Waals surface area contributed by atoms with Crippen molar-refractivity contribution in [1.29, 1.82) is 0 Å². The van der Waals surface area contributed by atoms with Gasteiger partial charge in [-0.1, -0.05) is 43.3 Å². The number of nitrogens with one attached hydrogen (secondary N) is 2. The van der Waals surface area contributed by atoms with Crippen LogP contribution in [-0.2, 0) is 28.1 Å². The molecule has 7 rings (SSSR count). The zero-order chi connectivity index (χ0) is 38.0. The van der Waals surface area contributed by atoms with Crippen molar-refractivity contribution in [1.82, 2.24) is 44.5 Å². The summed E-state index contributed by atoms with van der Waals surface area (Å²) in [6.45, 7) is 4.16. The number of aromatic nitrogens is 5. The van der Waals surface area contributed by atoms with Crippen LogP contribution in [0.2, 0.25) is 0 Å². The number of fused-ring (bicyclic) bond motifs is 2. The lowest BCUT2D eigenvalue weighted by Crippen LogP contribution is -2.43. The van der Waals surface area contributed by atoms with Crippen LogP contribution in [0.15, 0.2) is 77.3 Å². The molecule has 1 fully saturated rings. The normalized spacial score (nSPS) is 16.7. The van der Waals surface area contributed by atoms with Crippen molar-refractivity contribution in [3.8, 4) is 35.1 Å². The SMILES string of the molecule is C#CCCN(Cc1nc2c(-c3ncc(-c4ccc5nc(CN(CCC)C(=O)[C@@]6(c7ccccc7)CC6N(C)C)[nH]c5c4)o3)cccc2[nH]1)C(=O)CN(C)C. The highest BCUT2D eigenvalue weighted by molar-refractivity contribution is 5.93. The van der Waals surface area contributed by atoms with Crippen LogP contribution in [-0.4, -0.2) is 110 Å². The van der Waals surface area contributed by atoms with Crippen LogP contribution in [0, 0.1) is 12.3 Å². The third-order valence-electron chi connectivity index (χ3n) is 10.1. The van der Waals surface area contributed by atoms with E-state index in [0.29, 0.717) is 55.6 Å². The van der Waals surface area contributed by atoms with Crippen LogP contribution in [0.3, 0.4) is 0 Å². The number of benzene rings is 3. The number of carbonyl (C=O) groups is 2. The van der Waals surface area contributed by atoms with Crippen LogP contribution in [0.4, 0.5) is 0 Å². The first-order valence-corrected chi connectivity index (χ1v) is 18.4. The number of likely N-dealkylation sites (N-methyl/N-ethyl adjacent to an activating group) is 2. The van der Waals surface area contributed by atoms with Gasteiger partial charge in [-0.2, -0.15) is 0 Å². The first-order valence-electron chi connectivity index (χ1n) is 18.4. The lowest BCUT2D eigenvalue weighted by Gasteiger charge is -2.29. The third kappa shape index (κ3) is 7.25. The van der Waals surface area contributed by atoms with E-state index < -0.39 is 5.41 Å². The second-order valence-corrected chi connectivity index (χ2v) is 14.6. The third-order valence-corrected chi connectivity index (χ3v) is 10.1. The molecule has 12 nitrogen and oxygen atoms in total. The summed E-state index contributed by atoms with van der Waals surface area (Å²) in [5.74, 6) is 5.17. The second-order valence-electron chi connectivity index (χ2n) is 14.6. The van der Waals surface area contributed by atoms with Gasteiger partial charge in [0, 0.05) is 31.1 Å². The van der Waals surface area contributed by atoms with E-state index >= 15 is 0 Å². The number of amides is 2. The number of terminal acetylenes is 1. The molecule has 1 aliphatic rings. The summed E-state index contributed by atoms with van der Waals surface area (Å²) >= 11 is 0. The molecule has 2 atom stereocenters. The van der Waals surface area contributed by atoms with E-state index in [1.165, 1.54) is 0 Å². The maximum atomic E-state index is 14.3. The summed E-state index contributed by atoms with van der Waals surface area (Å²) in [6, 6.07) is 22.0. The number of hydrogen-bond donors (Lipinski definition) is 2. The van der Waals surface area contributed by atoms with Crippen LogP contribution in [0.5, 0.6) is 0 Å². The Bertz CT molecular complexity index is 2320. The molecule has 0 spiro atoms. The van der Waals surface area contributed by atoms with Crippen molar-refractivity contribution in [3.05, 3.63) is 90.1 Å². The van der Waals surface area contributed by atoms with Gasteiger partial charge in [-0.05, 0) is 76.9 Å². The van der Waals surface area contributed by atoms with E-state index in [4.69, 9.17) is 20.8 Å². The average molecular weight is 726 g/mol. The van der Waals surface area contributed by atoms with Gasteiger partial charge in [-0.3, -0.25) is 9.59 Å². The van der Waals surface area contributed by atoms with Gasteiger partial charge in [-0.15, -0.1) is 12.3 Å². The van der Waals surface area contributed by atoms with Gasteiger partial charge in [0.05, 0.1) is 53.4 Å². The lowest BCUT2D eigenvalue weighted by molar-refractivity contribution is -0.135. The molecule has 0 aliphatic heterocycles. The van der Waals surface area contributed by atoms with E-state index in [1.54, 1.807) is 11.1 Å². The summed E-state index contributed by atoms with van der Waals surface area (Å²) in [6.07, 6.45) is 9.32. The quantitative estimate of drug-likeness (QED) is 0.129. The number of rotatable bonds is 15. The van der Waals surface area contributed by atoms with Crippen LogP contribution >= 0.6 is 0 Å². The van der Waals surface area contributed by atoms with E-state index in [2.05, 4.69) is 44.8 Å². The van der Waals surface area contributed by atoms with E-state index in [1.807, 2.05) is 92.6 Å². The van der Waals surface area contributed by atoms with Crippen molar-refractivity contribution in [2.45, 2.75) is 50.7 Å². The minimum Gasteiger partial charge on any atom is -0.436 e. The summed E-state index contributed by atoms with van der Waals surface area (Å²) in [5, 5.41) is 0. The molecular weight excluding hydrogens is 679 g/mol. The molecule has 2 amide bonds. The maximum absolute atomic E-state index is 14.3. The number of para-hydroxylation sites is 1. The highest BCUT2D eigenvalue weighted by Crippen LogP contribution is 2.52. The highest BCUT2D eigenvalue weighted by atomic mass is 16.4. The average Bonchev–Trinajstić information content (AvgIpc) is 3.42. The Balaban J connectivity index is 1.11. The van der Waals surface area contributed by atoms with Gasteiger partial charge >= 0.3 is 0 Å². The Morgan fingerprint density at radius 2 is 1.69 bits per heavy atom. The smallest absolute Gasteiger partial charge is 0.237 e. The van der Waals surface area contributed by atoms with E-state index in [-0.39, 0.29) is 24.4 Å². The molecule has 0 radical (unpaired) electrons. The predicted octanol–water partition coefficient (Wildman–Crippen LogP) is 5.69. The van der Waals surface area contributed by atoms with Crippen molar-refractivity contribution >= 4 is 33.9 Å². The molecule has 1 aliphatic carbocycles. The fourth-order valence-corrected chi connectivity index (χ4v) is 7.45. The molecule has 1 unspecified atom stereocenters. The summed E-state index contributed by atoms with van der Waals surface area (Å²) < 4.78 is 6.34. The molecule has 278 valence electrons. The minimum absolute atomic E-state index is 0.0192. The lowest BCUT2D eigenvalue weighted by atomic mass is 9.92. The Morgan fingerprint density at radius 1 is 0.926 bits per heavy atom. The molecule has 6 aromatic rings. The molecule has 0 bridgehead atoms. The number of oxazole rings is 1. The van der Waals surface area contributed by atoms with E-state index in [9.17, 15) is 9.59 Å². The fourth-order valence-electron chi connectivity index (χ4n) is 7.45. The van der Waals surface area contributed by atoms with Crippen molar-refractivity contribution in [2.75, 3.05) is 47.8 Å². The number of carbonyl (C=O) groups excluding carboxylic acids is 2. The standard InChI is InChI=1S/C42H47N9O3/c1-7-9-21-50(38(52)27-48(3)4)25-37-45-32-17-13-16-30(39(32)47-37)40-43-24-34(54-40)28-18-19-31-33(22-28)46-36(44-31)26-51(20-8-2)41(53)42(23-35(42)49(5)6)29-14-11-10-12-15-29/h1,10-19,22,24,35H,8-9,20-21,23,25-27H2,2-6H3,(H,44,46)(H,45,47)/t35?,42-/m1/s1. The molecule has 2 N–H and O–H groups in total. The predicted molar refractivity (Wildman–Crippen MR) is 210 cm³/mol. The number of H-pyrrole nitrogens is 2. The molecule has 3 aromatic heterocycles. The fraction of sp³-hybridized carbons (Fsp3) is 0.357. The highest BCUT2D eigenvalue weighted by Gasteiger charge is 2.63. The number of nitrogens with zero attached hydrogens (tertiary/aromatic N) is 7. The van der Waals surface area contributed by atoms with Gasteiger partial charge in [-0.25, -0.2) is 15.0 Å². The second kappa shape index (κ2) is 15.3. The zero-order valence-electron chi connectivity index (χ0n) is 31.6. The van der Waals surface area contributed by atoms with Gasteiger partial charge < -0.3 is 34.0 Å². The van der Waals surface area contributed by atoms with Crippen LogP contribution in [0.25, 0.3) is 44.8 Å². The maximum Gasteiger partial charge on any atom is 0.237 e. The van der Waals surface area contributed by atoms with E-state index in [0.717, 1.165) is 51.9 Å². The Morgan fingerprint density at radius 3 is 2.41 bits per heavy atom. The van der Waals surface area contributed by atoms with Gasteiger partial charge in [0.1, 0.15) is 17.2 Å². The minimum atomic E-state index is -0.557. The van der Waals surface area contributed by atoms with Crippen molar-refractivity contribution in [3.63, 3.8) is 0 Å². The monoisotopic (exact) mass is 725 g/mol. The molecule has 12 heteroatoms. The molecule has 0 saturated heterocycles. The Kier molecular flexibility index (Phi) is 10.4. The molecular formula is C42H47N9O3. The van der Waals surface area contributed by atoms with Crippen LogP contribution < -0.4 is 0 Å². The summed E-state index contributed by atoms with van der Waals surface area (Å²) in [4.78, 5) is 56.2. The zero-order valence-corrected chi connectivity index (χ0v) is 31.6. The summed E-state index contributed by atoms with van der Waals surface area (Å²) in [7, 11) is 7.82. The molecule has 54 heavy (non-hydrogen) atoms. The molecule has 1 saturated carbocycles. The number of imidazole rings is 2. The topological polar surface area (TPSA) is 130 Å². The van der Waals surface area contributed by atoms with Crippen LogP contribution in [0.1, 0.15) is 43.4 Å². The van der Waals surface area contributed by atoms with Gasteiger partial charge in [0.25, 0.3) is 0 Å².